The van der Waals surface area contributed by atoms with Gasteiger partial charge >= 0.3 is 0 Å². The molecule has 0 spiro atoms. The topological polar surface area (TPSA) is 32.3 Å². The van der Waals surface area contributed by atoms with Crippen LogP contribution in [0.25, 0.3) is 10.1 Å². The van der Waals surface area contributed by atoms with Crippen LogP contribution in [0.5, 0.6) is 0 Å². The second-order valence-electron chi connectivity index (χ2n) is 7.67. The number of likely N-dealkylation sites (N-methyl/N-ethyl adjacent to an activating group) is 1. The Kier molecular flexibility index (Phi) is 6.49. The van der Waals surface area contributed by atoms with Crippen molar-refractivity contribution in [2.24, 2.45) is 0 Å². The first kappa shape index (κ1) is 19.1. The summed E-state index contributed by atoms with van der Waals surface area (Å²) in [5, 5.41) is 6.66. The number of hydrogen-bond donors (Lipinski definition) is 1. The number of nitrogens with zero attached hydrogens (tertiary/aromatic N) is 1. The predicted molar refractivity (Wildman–Crippen MR) is 112 cm³/mol. The molecule has 2 atom stereocenters. The van der Waals surface area contributed by atoms with Crippen LogP contribution in [0.3, 0.4) is 0 Å². The maximum atomic E-state index is 12.7. The van der Waals surface area contributed by atoms with Crippen LogP contribution < -0.4 is 5.32 Å². The van der Waals surface area contributed by atoms with Gasteiger partial charge in [0.1, 0.15) is 0 Å². The SMILES string of the molecule is CC(C)=CCN(C)C1CCCCC1NC(=O)Cc1cccc2sccc12. The van der Waals surface area contributed by atoms with Gasteiger partial charge in [0, 0.05) is 23.3 Å². The molecule has 140 valence electrons. The summed E-state index contributed by atoms with van der Waals surface area (Å²) in [6.45, 7) is 5.23. The molecule has 4 heteroatoms. The van der Waals surface area contributed by atoms with E-state index in [2.05, 4.69) is 66.8 Å². The minimum absolute atomic E-state index is 0.149. The summed E-state index contributed by atoms with van der Waals surface area (Å²) in [4.78, 5) is 15.1. The quantitative estimate of drug-likeness (QED) is 0.743. The molecule has 2 unspecified atom stereocenters. The first-order valence-corrected chi connectivity index (χ1v) is 10.5. The van der Waals surface area contributed by atoms with Crippen molar-refractivity contribution in [3.05, 3.63) is 46.9 Å². The first-order chi connectivity index (χ1) is 12.5. The van der Waals surface area contributed by atoms with E-state index in [1.165, 1.54) is 28.5 Å². The number of benzene rings is 1. The average molecular weight is 371 g/mol. The van der Waals surface area contributed by atoms with Crippen molar-refractivity contribution in [2.45, 2.75) is 58.0 Å². The van der Waals surface area contributed by atoms with E-state index in [1.807, 2.05) is 0 Å². The van der Waals surface area contributed by atoms with Crippen LogP contribution in [0.2, 0.25) is 0 Å². The standard InChI is InChI=1S/C22H30N2OS/c1-16(2)11-13-24(3)20-9-5-4-8-19(20)23-22(25)15-17-7-6-10-21-18(17)12-14-26-21/h6-7,10-12,14,19-20H,4-5,8-9,13,15H2,1-3H3,(H,23,25). The van der Waals surface area contributed by atoms with E-state index < -0.39 is 0 Å². The van der Waals surface area contributed by atoms with Crippen molar-refractivity contribution in [3.8, 4) is 0 Å². The Morgan fingerprint density at radius 2 is 2.08 bits per heavy atom. The fourth-order valence-electron chi connectivity index (χ4n) is 3.91. The van der Waals surface area contributed by atoms with E-state index >= 15 is 0 Å². The number of nitrogens with one attached hydrogen (secondary N) is 1. The number of thiophene rings is 1. The Morgan fingerprint density at radius 3 is 2.88 bits per heavy atom. The molecule has 0 radical (unpaired) electrons. The Labute approximate surface area is 161 Å². The van der Waals surface area contributed by atoms with E-state index in [1.54, 1.807) is 11.3 Å². The maximum Gasteiger partial charge on any atom is 0.224 e. The predicted octanol–water partition coefficient (Wildman–Crippen LogP) is 4.77. The zero-order chi connectivity index (χ0) is 18.5. The molecular weight excluding hydrogens is 340 g/mol. The molecule has 3 nitrogen and oxygen atoms in total. The van der Waals surface area contributed by atoms with Gasteiger partial charge in [-0.15, -0.1) is 11.3 Å². The number of carbonyl (C=O) groups excluding carboxylic acids is 1. The van der Waals surface area contributed by atoms with Crippen molar-refractivity contribution < 1.29 is 4.79 Å². The first-order valence-electron chi connectivity index (χ1n) is 9.62. The van der Waals surface area contributed by atoms with Gasteiger partial charge in [-0.25, -0.2) is 0 Å². The van der Waals surface area contributed by atoms with Crippen LogP contribution >= 0.6 is 11.3 Å². The molecule has 2 aromatic rings. The molecule has 1 aromatic heterocycles. The van der Waals surface area contributed by atoms with E-state index in [0.29, 0.717) is 12.5 Å². The highest BCUT2D eigenvalue weighted by atomic mass is 32.1. The second-order valence-corrected chi connectivity index (χ2v) is 8.62. The largest absolute Gasteiger partial charge is 0.352 e. The number of allylic oxidation sites excluding steroid dienone is 1. The third-order valence-electron chi connectivity index (χ3n) is 5.37. The zero-order valence-corrected chi connectivity index (χ0v) is 16.9. The van der Waals surface area contributed by atoms with Gasteiger partial charge in [-0.2, -0.15) is 0 Å². The van der Waals surface area contributed by atoms with E-state index in [9.17, 15) is 4.79 Å². The molecule has 1 saturated carbocycles. The number of fused-ring (bicyclic) bond motifs is 1. The minimum Gasteiger partial charge on any atom is -0.352 e. The summed E-state index contributed by atoms with van der Waals surface area (Å²) in [5.41, 5.74) is 2.48. The molecule has 1 aliphatic carbocycles. The number of hydrogen-bond acceptors (Lipinski definition) is 3. The molecular formula is C22H30N2OS. The van der Waals surface area contributed by atoms with Gasteiger partial charge in [0.25, 0.3) is 0 Å². The molecule has 3 rings (SSSR count). The van der Waals surface area contributed by atoms with Gasteiger partial charge < -0.3 is 5.32 Å². The summed E-state index contributed by atoms with van der Waals surface area (Å²) in [6, 6.07) is 9.07. The summed E-state index contributed by atoms with van der Waals surface area (Å²) < 4.78 is 1.26. The third-order valence-corrected chi connectivity index (χ3v) is 6.25. The molecule has 1 amide bonds. The lowest BCUT2D eigenvalue weighted by Gasteiger charge is -2.38. The van der Waals surface area contributed by atoms with E-state index in [0.717, 1.165) is 24.9 Å². The van der Waals surface area contributed by atoms with Gasteiger partial charge in [-0.05, 0) is 62.2 Å². The Morgan fingerprint density at radius 1 is 1.27 bits per heavy atom. The molecule has 1 aliphatic rings. The highest BCUT2D eigenvalue weighted by Gasteiger charge is 2.29. The van der Waals surface area contributed by atoms with Crippen LogP contribution in [-0.4, -0.2) is 36.5 Å². The summed E-state index contributed by atoms with van der Waals surface area (Å²) in [6.07, 6.45) is 7.44. The minimum atomic E-state index is 0.149. The van der Waals surface area contributed by atoms with Crippen LogP contribution in [0.1, 0.15) is 45.1 Å². The van der Waals surface area contributed by atoms with Crippen LogP contribution in [0, 0.1) is 0 Å². The van der Waals surface area contributed by atoms with Crippen molar-refractivity contribution >= 4 is 27.3 Å². The normalized spacial score (nSPS) is 20.3. The molecule has 1 N–H and O–H groups in total. The van der Waals surface area contributed by atoms with Gasteiger partial charge in [-0.1, -0.05) is 36.6 Å². The second kappa shape index (κ2) is 8.83. The van der Waals surface area contributed by atoms with E-state index in [-0.39, 0.29) is 11.9 Å². The molecule has 0 bridgehead atoms. The highest BCUT2D eigenvalue weighted by Crippen LogP contribution is 2.25. The summed E-state index contributed by atoms with van der Waals surface area (Å²) in [7, 11) is 2.18. The number of carbonyl (C=O) groups is 1. The van der Waals surface area contributed by atoms with Crippen LogP contribution in [0.15, 0.2) is 41.3 Å². The number of rotatable bonds is 6. The average Bonchev–Trinajstić information content (AvgIpc) is 3.10. The van der Waals surface area contributed by atoms with E-state index in [4.69, 9.17) is 0 Å². The highest BCUT2D eigenvalue weighted by molar-refractivity contribution is 7.17. The molecule has 0 aliphatic heterocycles. The molecule has 1 fully saturated rings. The Bertz CT molecular complexity index is 775. The zero-order valence-electron chi connectivity index (χ0n) is 16.1. The molecule has 26 heavy (non-hydrogen) atoms. The monoisotopic (exact) mass is 370 g/mol. The fraction of sp³-hybridized carbons (Fsp3) is 0.500. The van der Waals surface area contributed by atoms with Crippen molar-refractivity contribution in [3.63, 3.8) is 0 Å². The Hall–Kier alpha value is -1.65. The van der Waals surface area contributed by atoms with Gasteiger partial charge in [0.2, 0.25) is 5.91 Å². The van der Waals surface area contributed by atoms with Crippen LogP contribution in [-0.2, 0) is 11.2 Å². The lowest BCUT2D eigenvalue weighted by Crippen LogP contribution is -2.52. The van der Waals surface area contributed by atoms with Crippen molar-refractivity contribution in [1.82, 2.24) is 10.2 Å². The van der Waals surface area contributed by atoms with Crippen LogP contribution in [0.4, 0.5) is 0 Å². The smallest absolute Gasteiger partial charge is 0.224 e. The number of amides is 1. The maximum absolute atomic E-state index is 12.7. The third kappa shape index (κ3) is 4.74. The Balaban J connectivity index is 1.64. The summed E-state index contributed by atoms with van der Waals surface area (Å²) >= 11 is 1.73. The van der Waals surface area contributed by atoms with Crippen molar-refractivity contribution in [1.29, 1.82) is 0 Å². The van der Waals surface area contributed by atoms with Gasteiger partial charge in [0.15, 0.2) is 0 Å². The van der Waals surface area contributed by atoms with Gasteiger partial charge in [0.05, 0.1) is 6.42 Å². The lowest BCUT2D eigenvalue weighted by molar-refractivity contribution is -0.121. The molecule has 0 saturated heterocycles. The summed E-state index contributed by atoms with van der Waals surface area (Å²) in [5.74, 6) is 0.149. The lowest BCUT2D eigenvalue weighted by atomic mass is 9.89. The molecule has 1 aromatic carbocycles. The van der Waals surface area contributed by atoms with Gasteiger partial charge in [-0.3, -0.25) is 9.69 Å². The fourth-order valence-corrected chi connectivity index (χ4v) is 4.74. The molecule has 1 heterocycles. The van der Waals surface area contributed by atoms with Crippen molar-refractivity contribution in [2.75, 3.05) is 13.6 Å².